The third-order valence-electron chi connectivity index (χ3n) is 2.76. The Labute approximate surface area is 122 Å². The van der Waals surface area contributed by atoms with E-state index in [4.69, 9.17) is 5.11 Å². The lowest BCUT2D eigenvalue weighted by Gasteiger charge is -2.06. The first kappa shape index (κ1) is 15.1. The molecule has 0 aliphatic heterocycles. The highest BCUT2D eigenvalue weighted by molar-refractivity contribution is 7.89. The quantitative estimate of drug-likeness (QED) is 0.846. The maximum absolute atomic E-state index is 12.0. The lowest BCUT2D eigenvalue weighted by atomic mass is 10.2. The Bertz CT molecular complexity index is 663. The van der Waals surface area contributed by atoms with Crippen molar-refractivity contribution in [1.29, 1.82) is 0 Å². The number of hydrogen-bond acceptors (Lipinski definition) is 5. The summed E-state index contributed by atoms with van der Waals surface area (Å²) in [5, 5.41) is 11.8. The predicted molar refractivity (Wildman–Crippen MR) is 78.1 cm³/mol. The summed E-state index contributed by atoms with van der Waals surface area (Å²) < 4.78 is 26.6. The van der Waals surface area contributed by atoms with Gasteiger partial charge in [0.15, 0.2) is 0 Å². The molecule has 0 spiro atoms. The second kappa shape index (κ2) is 6.45. The molecule has 0 fully saturated rings. The molecule has 0 radical (unpaired) electrons. The van der Waals surface area contributed by atoms with E-state index in [2.05, 4.69) is 9.71 Å². The number of aryl methyl sites for hydroxylation is 1. The summed E-state index contributed by atoms with van der Waals surface area (Å²) in [4.78, 5) is 4.48. The van der Waals surface area contributed by atoms with Gasteiger partial charge in [-0.15, -0.1) is 11.3 Å². The van der Waals surface area contributed by atoms with E-state index in [0.717, 1.165) is 10.7 Å². The average Bonchev–Trinajstić information content (AvgIpc) is 2.84. The molecule has 1 aromatic heterocycles. The lowest BCUT2D eigenvalue weighted by molar-refractivity contribution is 0.282. The van der Waals surface area contributed by atoms with Crippen molar-refractivity contribution in [2.75, 3.05) is 6.54 Å². The number of aliphatic hydroxyl groups excluding tert-OH is 1. The molecule has 0 atom stereocenters. The predicted octanol–water partition coefficient (Wildman–Crippen LogP) is 1.46. The summed E-state index contributed by atoms with van der Waals surface area (Å²) in [7, 11) is -3.50. The van der Waals surface area contributed by atoms with Gasteiger partial charge < -0.3 is 5.11 Å². The van der Waals surface area contributed by atoms with Crippen LogP contribution in [0.25, 0.3) is 0 Å². The second-order valence-corrected chi connectivity index (χ2v) is 7.14. The molecule has 0 bridgehead atoms. The first-order valence-electron chi connectivity index (χ1n) is 6.12. The summed E-state index contributed by atoms with van der Waals surface area (Å²) >= 11 is 1.55. The molecule has 0 aliphatic rings. The lowest BCUT2D eigenvalue weighted by Crippen LogP contribution is -2.26. The zero-order chi connectivity index (χ0) is 14.6. The minimum Gasteiger partial charge on any atom is -0.392 e. The Morgan fingerprint density at radius 3 is 2.55 bits per heavy atom. The van der Waals surface area contributed by atoms with Crippen molar-refractivity contribution in [3.8, 4) is 0 Å². The molecular formula is C13H16N2O3S2. The highest BCUT2D eigenvalue weighted by Crippen LogP contribution is 2.11. The van der Waals surface area contributed by atoms with Gasteiger partial charge in [-0.2, -0.15) is 0 Å². The molecule has 0 amide bonds. The number of hydrogen-bond donors (Lipinski definition) is 2. The van der Waals surface area contributed by atoms with Crippen LogP contribution in [0, 0.1) is 6.92 Å². The maximum atomic E-state index is 12.0. The van der Waals surface area contributed by atoms with Gasteiger partial charge in [-0.3, -0.25) is 0 Å². The molecule has 2 N–H and O–H groups in total. The van der Waals surface area contributed by atoms with Gasteiger partial charge in [-0.05, 0) is 24.6 Å². The van der Waals surface area contributed by atoms with Gasteiger partial charge in [-0.25, -0.2) is 18.1 Å². The fourth-order valence-electron chi connectivity index (χ4n) is 1.69. The van der Waals surface area contributed by atoms with E-state index in [9.17, 15) is 8.42 Å². The smallest absolute Gasteiger partial charge is 0.240 e. The first-order chi connectivity index (χ1) is 9.51. The monoisotopic (exact) mass is 312 g/mol. The highest BCUT2D eigenvalue weighted by atomic mass is 32.2. The van der Waals surface area contributed by atoms with Crippen LogP contribution in [0.3, 0.4) is 0 Å². The second-order valence-electron chi connectivity index (χ2n) is 4.31. The SMILES string of the molecule is Cc1nc(CCNS(=O)(=O)c2ccc(CO)cc2)cs1. The molecule has 1 heterocycles. The van der Waals surface area contributed by atoms with Crippen LogP contribution in [-0.4, -0.2) is 25.1 Å². The summed E-state index contributed by atoms with van der Waals surface area (Å²) in [6.45, 7) is 2.13. The van der Waals surface area contributed by atoms with Gasteiger partial charge in [0.25, 0.3) is 0 Å². The van der Waals surface area contributed by atoms with Crippen LogP contribution in [0.2, 0.25) is 0 Å². The van der Waals surface area contributed by atoms with Crippen molar-refractivity contribution in [3.05, 3.63) is 45.9 Å². The number of sulfonamides is 1. The van der Waals surface area contributed by atoms with Crippen LogP contribution >= 0.6 is 11.3 Å². The topological polar surface area (TPSA) is 79.3 Å². The normalized spacial score (nSPS) is 11.7. The fourth-order valence-corrected chi connectivity index (χ4v) is 3.37. The standard InChI is InChI=1S/C13H16N2O3S2/c1-10-15-12(9-19-10)6-7-14-20(17,18)13-4-2-11(8-16)3-5-13/h2-5,9,14,16H,6-8H2,1H3. The molecule has 1 aromatic carbocycles. The van der Waals surface area contributed by atoms with E-state index in [0.29, 0.717) is 18.5 Å². The van der Waals surface area contributed by atoms with E-state index in [1.165, 1.54) is 12.1 Å². The minimum absolute atomic E-state index is 0.100. The van der Waals surface area contributed by atoms with Crippen molar-refractivity contribution in [3.63, 3.8) is 0 Å². The number of rotatable bonds is 6. The van der Waals surface area contributed by atoms with Crippen molar-refractivity contribution in [2.45, 2.75) is 24.8 Å². The largest absolute Gasteiger partial charge is 0.392 e. The Balaban J connectivity index is 1.96. The van der Waals surface area contributed by atoms with Crippen molar-refractivity contribution in [1.82, 2.24) is 9.71 Å². The van der Waals surface area contributed by atoms with Gasteiger partial charge in [0.2, 0.25) is 10.0 Å². The van der Waals surface area contributed by atoms with E-state index in [1.807, 2.05) is 12.3 Å². The van der Waals surface area contributed by atoms with E-state index < -0.39 is 10.0 Å². The van der Waals surface area contributed by atoms with E-state index >= 15 is 0 Å². The molecule has 0 saturated carbocycles. The molecule has 2 rings (SSSR count). The zero-order valence-electron chi connectivity index (χ0n) is 11.0. The summed E-state index contributed by atoms with van der Waals surface area (Å²) in [6, 6.07) is 6.17. The Kier molecular flexibility index (Phi) is 4.87. The van der Waals surface area contributed by atoms with E-state index in [-0.39, 0.29) is 11.5 Å². The van der Waals surface area contributed by atoms with Gasteiger partial charge in [0.1, 0.15) is 0 Å². The van der Waals surface area contributed by atoms with Crippen LogP contribution in [0.4, 0.5) is 0 Å². The van der Waals surface area contributed by atoms with E-state index in [1.54, 1.807) is 23.5 Å². The van der Waals surface area contributed by atoms with Crippen LogP contribution in [0.15, 0.2) is 34.5 Å². The Hall–Kier alpha value is -1.28. The summed E-state index contributed by atoms with van der Waals surface area (Å²) in [6.07, 6.45) is 0.568. The molecule has 108 valence electrons. The number of aromatic nitrogens is 1. The van der Waals surface area contributed by atoms with Gasteiger partial charge in [0.05, 0.1) is 22.2 Å². The van der Waals surface area contributed by atoms with Crippen LogP contribution in [-0.2, 0) is 23.1 Å². The maximum Gasteiger partial charge on any atom is 0.240 e. The molecule has 0 unspecified atom stereocenters. The van der Waals surface area contributed by atoms with Gasteiger partial charge >= 0.3 is 0 Å². The van der Waals surface area contributed by atoms with Crippen molar-refractivity contribution >= 4 is 21.4 Å². The van der Waals surface area contributed by atoms with Crippen LogP contribution in [0.1, 0.15) is 16.3 Å². The molecule has 2 aromatic rings. The Morgan fingerprint density at radius 2 is 2.00 bits per heavy atom. The molecule has 0 saturated heterocycles. The van der Waals surface area contributed by atoms with Gasteiger partial charge in [-0.1, -0.05) is 12.1 Å². The highest BCUT2D eigenvalue weighted by Gasteiger charge is 2.13. The van der Waals surface area contributed by atoms with Crippen molar-refractivity contribution < 1.29 is 13.5 Å². The zero-order valence-corrected chi connectivity index (χ0v) is 12.7. The minimum atomic E-state index is -3.50. The number of benzene rings is 1. The Morgan fingerprint density at radius 1 is 1.30 bits per heavy atom. The third-order valence-corrected chi connectivity index (χ3v) is 5.06. The first-order valence-corrected chi connectivity index (χ1v) is 8.48. The summed E-state index contributed by atoms with van der Waals surface area (Å²) in [5.74, 6) is 0. The molecule has 20 heavy (non-hydrogen) atoms. The average molecular weight is 312 g/mol. The molecular weight excluding hydrogens is 296 g/mol. The van der Waals surface area contributed by atoms with Crippen LogP contribution in [0.5, 0.6) is 0 Å². The molecule has 7 heteroatoms. The summed E-state index contributed by atoms with van der Waals surface area (Å²) in [5.41, 5.74) is 1.58. The fraction of sp³-hybridized carbons (Fsp3) is 0.308. The molecule has 0 aliphatic carbocycles. The number of aliphatic hydroxyl groups is 1. The third kappa shape index (κ3) is 3.86. The van der Waals surface area contributed by atoms with Crippen molar-refractivity contribution in [2.24, 2.45) is 0 Å². The van der Waals surface area contributed by atoms with Gasteiger partial charge in [0, 0.05) is 18.3 Å². The number of nitrogens with one attached hydrogen (secondary N) is 1. The number of nitrogens with zero attached hydrogens (tertiary/aromatic N) is 1. The molecule has 5 nitrogen and oxygen atoms in total. The number of thiazole rings is 1. The van der Waals surface area contributed by atoms with Crippen LogP contribution < -0.4 is 4.72 Å².